The lowest BCUT2D eigenvalue weighted by molar-refractivity contribution is -0.143. The summed E-state index contributed by atoms with van der Waals surface area (Å²) in [6.45, 7) is 1.05. The number of ether oxygens (including phenoxy) is 1. The van der Waals surface area contributed by atoms with Crippen LogP contribution in [-0.2, 0) is 22.4 Å². The van der Waals surface area contributed by atoms with Crippen molar-refractivity contribution in [3.8, 4) is 11.5 Å². The van der Waals surface area contributed by atoms with Gasteiger partial charge in [-0.2, -0.15) is 26.3 Å². The predicted molar refractivity (Wildman–Crippen MR) is 108 cm³/mol. The smallest absolute Gasteiger partial charge is 0.420 e. The number of piperidine rings is 1. The summed E-state index contributed by atoms with van der Waals surface area (Å²) in [5.41, 5.74) is -2.25. The Morgan fingerprint density at radius 2 is 1.64 bits per heavy atom. The molecule has 1 fully saturated rings. The van der Waals surface area contributed by atoms with Crippen molar-refractivity contribution in [1.29, 1.82) is 0 Å². The molecule has 0 spiro atoms. The number of amidine groups is 1. The molecule has 0 N–H and O–H groups in total. The first-order valence-electron chi connectivity index (χ1n) is 9.97. The van der Waals surface area contributed by atoms with Crippen LogP contribution in [0.2, 0.25) is 0 Å². The number of benzene rings is 2. The lowest BCUT2D eigenvalue weighted by atomic mass is 9.89. The number of sulfonamides is 1. The third-order valence-corrected chi connectivity index (χ3v) is 6.69. The van der Waals surface area contributed by atoms with Crippen molar-refractivity contribution in [3.05, 3.63) is 59.2 Å². The van der Waals surface area contributed by atoms with Crippen LogP contribution in [0.4, 0.5) is 26.3 Å². The van der Waals surface area contributed by atoms with Crippen LogP contribution < -0.4 is 4.74 Å². The van der Waals surface area contributed by atoms with E-state index in [1.54, 1.807) is 12.1 Å². The molecule has 2 aliphatic heterocycles. The van der Waals surface area contributed by atoms with Crippen molar-refractivity contribution in [3.63, 3.8) is 0 Å². The van der Waals surface area contributed by atoms with Crippen LogP contribution in [0.5, 0.6) is 11.5 Å². The van der Waals surface area contributed by atoms with E-state index in [9.17, 15) is 34.8 Å². The van der Waals surface area contributed by atoms with Gasteiger partial charge < -0.3 is 9.64 Å². The van der Waals surface area contributed by atoms with Crippen LogP contribution in [0.3, 0.4) is 0 Å². The van der Waals surface area contributed by atoms with Crippen LogP contribution in [0.25, 0.3) is 0 Å². The molecule has 2 heterocycles. The summed E-state index contributed by atoms with van der Waals surface area (Å²) in [5, 5.41) is 0. The number of nitrogens with zero attached hydrogens (tertiary/aromatic N) is 2. The molecule has 0 aliphatic carbocycles. The number of alkyl halides is 6. The minimum Gasteiger partial charge on any atom is -0.457 e. The Morgan fingerprint density at radius 1 is 0.939 bits per heavy atom. The molecule has 0 saturated carbocycles. The van der Waals surface area contributed by atoms with Crippen molar-refractivity contribution in [2.75, 3.05) is 18.8 Å². The fourth-order valence-corrected chi connectivity index (χ4v) is 5.01. The summed E-state index contributed by atoms with van der Waals surface area (Å²) in [5.74, 6) is -0.655. The molecular weight excluding hydrogens is 474 g/mol. The van der Waals surface area contributed by atoms with E-state index in [1.165, 1.54) is 12.1 Å². The number of hydrogen-bond acceptors (Lipinski definition) is 4. The molecule has 2 aromatic carbocycles. The third-order valence-electron chi connectivity index (χ3n) is 5.53. The molecule has 0 aromatic heterocycles. The van der Waals surface area contributed by atoms with Gasteiger partial charge in [-0.05, 0) is 48.7 Å². The van der Waals surface area contributed by atoms with Crippen LogP contribution in [0.1, 0.15) is 35.4 Å². The summed E-state index contributed by atoms with van der Waals surface area (Å²) < 4.78 is 112. The number of hydrogen-bond donors (Lipinski definition) is 0. The van der Waals surface area contributed by atoms with Crippen molar-refractivity contribution < 1.29 is 39.5 Å². The molecule has 1 atom stereocenters. The second kappa shape index (κ2) is 8.23. The van der Waals surface area contributed by atoms with Crippen molar-refractivity contribution in [1.82, 2.24) is 4.90 Å². The van der Waals surface area contributed by atoms with E-state index in [4.69, 9.17) is 4.74 Å². The lowest BCUT2D eigenvalue weighted by Crippen LogP contribution is -2.46. The highest BCUT2D eigenvalue weighted by Crippen LogP contribution is 2.42. The standard InChI is InChI=1S/C21H18F6N2O3S/c22-20(23,24)14-5-8-18(17(12-14)21(25,26)27)32-15-6-3-13(4-7-15)16-2-1-9-29-10-11-33(30,31)28-19(16)29/h3-8,12,16H,1-2,9-11H2. The van der Waals surface area contributed by atoms with E-state index in [-0.39, 0.29) is 23.5 Å². The Hall–Kier alpha value is -2.76. The third kappa shape index (κ3) is 5.10. The van der Waals surface area contributed by atoms with E-state index in [0.717, 1.165) is 6.42 Å². The second-order valence-corrected chi connectivity index (χ2v) is 9.55. The van der Waals surface area contributed by atoms with Gasteiger partial charge in [0.2, 0.25) is 0 Å². The molecule has 0 bridgehead atoms. The highest BCUT2D eigenvalue weighted by Gasteiger charge is 2.39. The van der Waals surface area contributed by atoms with E-state index in [0.29, 0.717) is 43.0 Å². The molecule has 178 valence electrons. The molecule has 1 saturated heterocycles. The average Bonchev–Trinajstić information content (AvgIpc) is 2.72. The predicted octanol–water partition coefficient (Wildman–Crippen LogP) is 5.44. The van der Waals surface area contributed by atoms with Crippen LogP contribution >= 0.6 is 0 Å². The van der Waals surface area contributed by atoms with E-state index in [1.807, 2.05) is 4.90 Å². The first kappa shape index (κ1) is 23.4. The van der Waals surface area contributed by atoms with Crippen LogP contribution in [-0.4, -0.2) is 38.0 Å². The van der Waals surface area contributed by atoms with Crippen molar-refractivity contribution in [2.24, 2.45) is 4.40 Å². The zero-order valence-corrected chi connectivity index (χ0v) is 17.8. The molecule has 0 radical (unpaired) electrons. The van der Waals surface area contributed by atoms with Gasteiger partial charge in [-0.25, -0.2) is 8.42 Å². The summed E-state index contributed by atoms with van der Waals surface area (Å²) in [6, 6.07) is 7.14. The summed E-state index contributed by atoms with van der Waals surface area (Å²) >= 11 is 0. The van der Waals surface area contributed by atoms with Gasteiger partial charge >= 0.3 is 12.4 Å². The van der Waals surface area contributed by atoms with Crippen LogP contribution in [0, 0.1) is 0 Å². The zero-order valence-electron chi connectivity index (χ0n) is 16.9. The topological polar surface area (TPSA) is 59.0 Å². The van der Waals surface area contributed by atoms with Gasteiger partial charge in [-0.15, -0.1) is 4.40 Å². The summed E-state index contributed by atoms with van der Waals surface area (Å²) in [6.07, 6.45) is -8.50. The van der Waals surface area contributed by atoms with Gasteiger partial charge in [-0.3, -0.25) is 0 Å². The molecule has 4 rings (SSSR count). The summed E-state index contributed by atoms with van der Waals surface area (Å²) in [4.78, 5) is 1.91. The first-order chi connectivity index (χ1) is 15.3. The van der Waals surface area contributed by atoms with Gasteiger partial charge in [0.15, 0.2) is 0 Å². The van der Waals surface area contributed by atoms with Gasteiger partial charge in [-0.1, -0.05) is 12.1 Å². The molecule has 2 aliphatic rings. The highest BCUT2D eigenvalue weighted by molar-refractivity contribution is 7.90. The molecule has 5 nitrogen and oxygen atoms in total. The monoisotopic (exact) mass is 492 g/mol. The molecule has 33 heavy (non-hydrogen) atoms. The number of rotatable bonds is 3. The van der Waals surface area contributed by atoms with Gasteiger partial charge in [0.1, 0.15) is 17.3 Å². The Labute approximate surface area is 185 Å². The van der Waals surface area contributed by atoms with E-state index >= 15 is 0 Å². The molecule has 12 heteroatoms. The number of halogens is 6. The van der Waals surface area contributed by atoms with Crippen LogP contribution in [0.15, 0.2) is 46.9 Å². The second-order valence-electron chi connectivity index (χ2n) is 7.79. The van der Waals surface area contributed by atoms with Gasteiger partial charge in [0, 0.05) is 19.0 Å². The Morgan fingerprint density at radius 3 is 2.27 bits per heavy atom. The number of fused-ring (bicyclic) bond motifs is 1. The Balaban J connectivity index is 1.60. The zero-order chi connectivity index (χ0) is 24.0. The lowest BCUT2D eigenvalue weighted by Gasteiger charge is -2.37. The van der Waals surface area contributed by atoms with Crippen molar-refractivity contribution >= 4 is 15.9 Å². The molecule has 2 aromatic rings. The Kier molecular flexibility index (Phi) is 5.83. The SMILES string of the molecule is O=S1(=O)CCN2CCCC(c3ccc(Oc4ccc(C(F)(F)F)cc4C(F)(F)F)cc3)C2=N1. The Bertz CT molecular complexity index is 1170. The highest BCUT2D eigenvalue weighted by atomic mass is 32.2. The van der Waals surface area contributed by atoms with E-state index < -0.39 is 39.3 Å². The first-order valence-corrected chi connectivity index (χ1v) is 11.6. The fraction of sp³-hybridized carbons (Fsp3) is 0.381. The molecule has 1 unspecified atom stereocenters. The largest absolute Gasteiger partial charge is 0.457 e. The van der Waals surface area contributed by atoms with E-state index in [2.05, 4.69) is 4.40 Å². The minimum absolute atomic E-state index is 0.00474. The minimum atomic E-state index is -5.05. The van der Waals surface area contributed by atoms with Crippen molar-refractivity contribution in [2.45, 2.75) is 31.1 Å². The quantitative estimate of drug-likeness (QED) is 0.536. The molecule has 0 amide bonds. The van der Waals surface area contributed by atoms with Gasteiger partial charge in [0.05, 0.1) is 16.9 Å². The van der Waals surface area contributed by atoms with Gasteiger partial charge in [0.25, 0.3) is 10.0 Å². The maximum Gasteiger partial charge on any atom is 0.420 e. The maximum absolute atomic E-state index is 13.3. The normalized spacial score (nSPS) is 20.7. The summed E-state index contributed by atoms with van der Waals surface area (Å²) in [7, 11) is -3.54. The molecular formula is C21H18F6N2O3S. The average molecular weight is 492 g/mol. The maximum atomic E-state index is 13.3. The fourth-order valence-electron chi connectivity index (χ4n) is 3.94.